The van der Waals surface area contributed by atoms with Gasteiger partial charge >= 0.3 is 0 Å². The van der Waals surface area contributed by atoms with Crippen LogP contribution in [0.2, 0.25) is 0 Å². The minimum absolute atomic E-state index is 0. The summed E-state index contributed by atoms with van der Waals surface area (Å²) >= 11 is 0. The van der Waals surface area contributed by atoms with E-state index in [-0.39, 0.29) is 24.8 Å². The van der Waals surface area contributed by atoms with Gasteiger partial charge in [-0.2, -0.15) is 0 Å². The third-order valence-electron chi connectivity index (χ3n) is 3.87. The summed E-state index contributed by atoms with van der Waals surface area (Å²) in [6, 6.07) is 6.51. The molecule has 1 aliphatic heterocycles. The van der Waals surface area contributed by atoms with Crippen LogP contribution >= 0.6 is 24.8 Å². The molecule has 1 aromatic rings. The van der Waals surface area contributed by atoms with E-state index < -0.39 is 0 Å². The second kappa shape index (κ2) is 9.46. The number of nitrogens with one attached hydrogen (secondary N) is 1. The summed E-state index contributed by atoms with van der Waals surface area (Å²) in [6.07, 6.45) is 1.93. The molecule has 1 aromatic carbocycles. The van der Waals surface area contributed by atoms with Gasteiger partial charge in [0.05, 0.1) is 0 Å². The van der Waals surface area contributed by atoms with Gasteiger partial charge in [0.15, 0.2) is 0 Å². The van der Waals surface area contributed by atoms with Crippen LogP contribution in [0.4, 0.5) is 0 Å². The quantitative estimate of drug-likeness (QED) is 0.894. The Balaban J connectivity index is 0.00000180. The SMILES string of the molecule is CCc1cccc([C@@H](CC)N2CCNCC2)c1O.Cl.Cl. The Morgan fingerprint density at radius 1 is 1.20 bits per heavy atom. The molecule has 2 N–H and O–H groups in total. The van der Waals surface area contributed by atoms with Crippen molar-refractivity contribution in [2.75, 3.05) is 26.2 Å². The number of para-hydroxylation sites is 1. The van der Waals surface area contributed by atoms with E-state index in [4.69, 9.17) is 0 Å². The molecular formula is C15H26Cl2N2O. The fourth-order valence-corrected chi connectivity index (χ4v) is 2.83. The van der Waals surface area contributed by atoms with Gasteiger partial charge < -0.3 is 10.4 Å². The van der Waals surface area contributed by atoms with Crippen LogP contribution in [0.3, 0.4) is 0 Å². The van der Waals surface area contributed by atoms with E-state index in [1.54, 1.807) is 0 Å². The third-order valence-corrected chi connectivity index (χ3v) is 3.87. The topological polar surface area (TPSA) is 35.5 Å². The first-order chi connectivity index (χ1) is 8.77. The number of benzene rings is 1. The summed E-state index contributed by atoms with van der Waals surface area (Å²) in [4.78, 5) is 2.48. The van der Waals surface area contributed by atoms with Crippen LogP contribution < -0.4 is 5.32 Å². The zero-order valence-electron chi connectivity index (χ0n) is 12.3. The molecule has 0 unspecified atom stereocenters. The first kappa shape index (κ1) is 19.5. The zero-order valence-corrected chi connectivity index (χ0v) is 13.9. The lowest BCUT2D eigenvalue weighted by Crippen LogP contribution is -2.45. The van der Waals surface area contributed by atoms with E-state index >= 15 is 0 Å². The highest BCUT2D eigenvalue weighted by Gasteiger charge is 2.23. The van der Waals surface area contributed by atoms with E-state index in [1.807, 2.05) is 6.07 Å². The molecule has 0 spiro atoms. The Bertz CT molecular complexity index is 395. The van der Waals surface area contributed by atoms with Crippen molar-refractivity contribution in [3.63, 3.8) is 0 Å². The van der Waals surface area contributed by atoms with E-state index in [9.17, 15) is 5.11 Å². The molecule has 0 aliphatic carbocycles. The van der Waals surface area contributed by atoms with Crippen molar-refractivity contribution in [3.8, 4) is 5.75 Å². The first-order valence-electron chi connectivity index (χ1n) is 7.03. The van der Waals surface area contributed by atoms with Crippen molar-refractivity contribution in [1.29, 1.82) is 0 Å². The van der Waals surface area contributed by atoms with Crippen LogP contribution in [0.15, 0.2) is 18.2 Å². The maximum Gasteiger partial charge on any atom is 0.123 e. The highest BCUT2D eigenvalue weighted by Crippen LogP contribution is 2.33. The number of piperazine rings is 1. The Labute approximate surface area is 134 Å². The Kier molecular flexibility index (Phi) is 9.23. The molecule has 1 saturated heterocycles. The van der Waals surface area contributed by atoms with Crippen molar-refractivity contribution in [1.82, 2.24) is 10.2 Å². The van der Waals surface area contributed by atoms with Gasteiger partial charge in [0, 0.05) is 37.8 Å². The van der Waals surface area contributed by atoms with Crippen molar-refractivity contribution < 1.29 is 5.11 Å². The smallest absolute Gasteiger partial charge is 0.123 e. The van der Waals surface area contributed by atoms with Crippen LogP contribution in [-0.2, 0) is 6.42 Å². The fourth-order valence-electron chi connectivity index (χ4n) is 2.83. The van der Waals surface area contributed by atoms with Crippen LogP contribution in [0.1, 0.15) is 37.4 Å². The monoisotopic (exact) mass is 320 g/mol. The van der Waals surface area contributed by atoms with Gasteiger partial charge in [-0.3, -0.25) is 4.90 Å². The molecule has 0 saturated carbocycles. The standard InChI is InChI=1S/C15H24N2O.2ClH/c1-3-12-6-5-7-13(15(12)18)14(4-2)17-10-8-16-9-11-17;;/h5-7,14,16,18H,3-4,8-11H2,1-2H3;2*1H/t14-;;/m1../s1. The van der Waals surface area contributed by atoms with E-state index in [1.165, 1.54) is 0 Å². The molecule has 1 atom stereocenters. The molecule has 2 rings (SSSR count). The second-order valence-corrected chi connectivity index (χ2v) is 4.92. The molecule has 3 nitrogen and oxygen atoms in total. The third kappa shape index (κ3) is 4.26. The molecule has 1 fully saturated rings. The summed E-state index contributed by atoms with van der Waals surface area (Å²) in [5, 5.41) is 13.8. The summed E-state index contributed by atoms with van der Waals surface area (Å²) in [7, 11) is 0. The van der Waals surface area contributed by atoms with Crippen molar-refractivity contribution >= 4 is 24.8 Å². The average Bonchev–Trinajstić information content (AvgIpc) is 2.43. The predicted molar refractivity (Wildman–Crippen MR) is 89.5 cm³/mol. The van der Waals surface area contributed by atoms with Gasteiger partial charge in [-0.1, -0.05) is 32.0 Å². The molecule has 1 aliphatic rings. The first-order valence-corrected chi connectivity index (χ1v) is 7.03. The van der Waals surface area contributed by atoms with Crippen molar-refractivity contribution in [2.45, 2.75) is 32.7 Å². The number of rotatable bonds is 4. The second-order valence-electron chi connectivity index (χ2n) is 4.92. The molecule has 0 radical (unpaired) electrons. The largest absolute Gasteiger partial charge is 0.507 e. The molecule has 116 valence electrons. The average molecular weight is 321 g/mol. The molecule has 0 aromatic heterocycles. The van der Waals surface area contributed by atoms with Crippen molar-refractivity contribution in [3.05, 3.63) is 29.3 Å². The molecule has 0 bridgehead atoms. The minimum atomic E-state index is 0. The molecular weight excluding hydrogens is 295 g/mol. The van der Waals surface area contributed by atoms with Gasteiger partial charge in [0.25, 0.3) is 0 Å². The van der Waals surface area contributed by atoms with Crippen molar-refractivity contribution in [2.24, 2.45) is 0 Å². The number of aryl methyl sites for hydroxylation is 1. The number of phenolic OH excluding ortho intramolecular Hbond substituents is 1. The van der Waals surface area contributed by atoms with Crippen LogP contribution in [-0.4, -0.2) is 36.2 Å². The zero-order chi connectivity index (χ0) is 13.0. The van der Waals surface area contributed by atoms with Gasteiger partial charge in [0.1, 0.15) is 5.75 Å². The Morgan fingerprint density at radius 2 is 1.85 bits per heavy atom. The maximum atomic E-state index is 10.4. The van der Waals surface area contributed by atoms with E-state index in [0.29, 0.717) is 11.8 Å². The molecule has 0 amide bonds. The summed E-state index contributed by atoms with van der Waals surface area (Å²) in [5.74, 6) is 0.505. The van der Waals surface area contributed by atoms with Crippen LogP contribution in [0, 0.1) is 0 Å². The lowest BCUT2D eigenvalue weighted by molar-refractivity contribution is 0.166. The summed E-state index contributed by atoms with van der Waals surface area (Å²) < 4.78 is 0. The number of phenols is 1. The highest BCUT2D eigenvalue weighted by molar-refractivity contribution is 5.85. The van der Waals surface area contributed by atoms with Gasteiger partial charge in [-0.15, -0.1) is 24.8 Å². The number of hydrogen-bond donors (Lipinski definition) is 2. The van der Waals surface area contributed by atoms with Crippen LogP contribution in [0.25, 0.3) is 0 Å². The Hall–Kier alpha value is -0.480. The number of nitrogens with zero attached hydrogens (tertiary/aromatic N) is 1. The minimum Gasteiger partial charge on any atom is -0.507 e. The van der Waals surface area contributed by atoms with E-state index in [2.05, 4.69) is 36.2 Å². The predicted octanol–water partition coefficient (Wildman–Crippen LogP) is 3.15. The summed E-state index contributed by atoms with van der Waals surface area (Å²) in [5.41, 5.74) is 2.15. The van der Waals surface area contributed by atoms with Gasteiger partial charge in [-0.05, 0) is 18.4 Å². The number of aromatic hydroxyl groups is 1. The molecule has 5 heteroatoms. The van der Waals surface area contributed by atoms with Gasteiger partial charge in [0.2, 0.25) is 0 Å². The number of hydrogen-bond acceptors (Lipinski definition) is 3. The number of halogens is 2. The highest BCUT2D eigenvalue weighted by atomic mass is 35.5. The maximum absolute atomic E-state index is 10.4. The normalized spacial score (nSPS) is 16.9. The van der Waals surface area contributed by atoms with Gasteiger partial charge in [-0.25, -0.2) is 0 Å². The molecule has 1 heterocycles. The Morgan fingerprint density at radius 3 is 2.40 bits per heavy atom. The lowest BCUT2D eigenvalue weighted by atomic mass is 9.97. The van der Waals surface area contributed by atoms with Crippen LogP contribution in [0.5, 0.6) is 5.75 Å². The molecule has 20 heavy (non-hydrogen) atoms. The lowest BCUT2D eigenvalue weighted by Gasteiger charge is -2.35. The summed E-state index contributed by atoms with van der Waals surface area (Å²) in [6.45, 7) is 8.51. The fraction of sp³-hybridized carbons (Fsp3) is 0.600. The van der Waals surface area contributed by atoms with E-state index in [0.717, 1.165) is 50.1 Å².